The Hall–Kier alpha value is -2.38. The molecule has 0 spiro atoms. The molecule has 2 aromatic rings. The van der Waals surface area contributed by atoms with Gasteiger partial charge in [-0.1, -0.05) is 43.7 Å². The van der Waals surface area contributed by atoms with Gasteiger partial charge in [-0.05, 0) is 49.2 Å². The van der Waals surface area contributed by atoms with Gasteiger partial charge in [-0.3, -0.25) is 9.69 Å². The van der Waals surface area contributed by atoms with E-state index in [0.29, 0.717) is 12.3 Å². The van der Waals surface area contributed by atoms with Crippen molar-refractivity contribution in [1.82, 2.24) is 10.2 Å². The van der Waals surface area contributed by atoms with Gasteiger partial charge < -0.3 is 10.1 Å². The van der Waals surface area contributed by atoms with E-state index in [9.17, 15) is 13.2 Å². The number of piperidine rings is 1. The average Bonchev–Trinajstić information content (AvgIpc) is 2.78. The molecule has 31 heavy (non-hydrogen) atoms. The van der Waals surface area contributed by atoms with E-state index in [2.05, 4.69) is 22.3 Å². The molecular formula is C24H32N2O4S. The first kappa shape index (κ1) is 23.3. The van der Waals surface area contributed by atoms with Crippen molar-refractivity contribution in [3.8, 4) is 5.75 Å². The number of benzene rings is 2. The number of nitrogens with zero attached hydrogens (tertiary/aromatic N) is 1. The minimum Gasteiger partial charge on any atom is -0.497 e. The van der Waals surface area contributed by atoms with Crippen molar-refractivity contribution in [2.45, 2.75) is 43.7 Å². The molecule has 1 saturated heterocycles. The van der Waals surface area contributed by atoms with Crippen LogP contribution >= 0.6 is 0 Å². The van der Waals surface area contributed by atoms with Crippen LogP contribution in [0.4, 0.5) is 0 Å². The third-order valence-electron chi connectivity index (χ3n) is 5.83. The van der Waals surface area contributed by atoms with E-state index >= 15 is 0 Å². The molecule has 1 amide bonds. The number of nitrogens with one attached hydrogen (secondary N) is 1. The molecule has 0 saturated carbocycles. The van der Waals surface area contributed by atoms with E-state index in [0.717, 1.165) is 32.4 Å². The molecule has 7 heteroatoms. The van der Waals surface area contributed by atoms with Gasteiger partial charge in [-0.15, -0.1) is 0 Å². The van der Waals surface area contributed by atoms with Gasteiger partial charge >= 0.3 is 0 Å². The van der Waals surface area contributed by atoms with E-state index in [-0.39, 0.29) is 22.6 Å². The van der Waals surface area contributed by atoms with Gasteiger partial charge in [0.25, 0.3) is 0 Å². The molecule has 0 aromatic heterocycles. The lowest BCUT2D eigenvalue weighted by Gasteiger charge is -2.36. The van der Waals surface area contributed by atoms with Crippen LogP contribution in [0.25, 0.3) is 0 Å². The SMILES string of the molecule is COc1ccc(S(=O)(=O)CC(C)C(=O)NCC2CCCCN2Cc2ccccc2)cc1. The summed E-state index contributed by atoms with van der Waals surface area (Å²) in [4.78, 5) is 15.3. The second kappa shape index (κ2) is 10.8. The minimum atomic E-state index is -3.55. The molecule has 0 bridgehead atoms. The fourth-order valence-corrected chi connectivity index (χ4v) is 5.55. The van der Waals surface area contributed by atoms with Gasteiger partial charge in [-0.25, -0.2) is 8.42 Å². The summed E-state index contributed by atoms with van der Waals surface area (Å²) in [5.74, 6) is -0.471. The number of sulfone groups is 1. The zero-order valence-electron chi connectivity index (χ0n) is 18.3. The second-order valence-corrected chi connectivity index (χ2v) is 10.2. The highest BCUT2D eigenvalue weighted by atomic mass is 32.2. The van der Waals surface area contributed by atoms with Gasteiger partial charge in [0.05, 0.1) is 17.8 Å². The number of carbonyl (C=O) groups excluding carboxylic acids is 1. The Morgan fingerprint density at radius 2 is 1.84 bits per heavy atom. The number of likely N-dealkylation sites (tertiary alicyclic amines) is 1. The molecule has 168 valence electrons. The molecule has 1 heterocycles. The first-order chi connectivity index (χ1) is 14.9. The van der Waals surface area contributed by atoms with Crippen LogP contribution in [0, 0.1) is 5.92 Å². The number of carbonyl (C=O) groups is 1. The molecule has 3 rings (SSSR count). The van der Waals surface area contributed by atoms with E-state index in [1.165, 1.54) is 24.8 Å². The molecule has 6 nitrogen and oxygen atoms in total. The van der Waals surface area contributed by atoms with Gasteiger partial charge in [0.15, 0.2) is 9.84 Å². The quantitative estimate of drug-likeness (QED) is 0.642. The lowest BCUT2D eigenvalue weighted by Crippen LogP contribution is -2.47. The zero-order chi connectivity index (χ0) is 22.3. The first-order valence-electron chi connectivity index (χ1n) is 10.8. The number of amides is 1. The number of hydrogen-bond donors (Lipinski definition) is 1. The maximum atomic E-state index is 12.7. The fraction of sp³-hybridized carbons (Fsp3) is 0.458. The number of rotatable bonds is 9. The predicted molar refractivity (Wildman–Crippen MR) is 122 cm³/mol. The Morgan fingerprint density at radius 1 is 1.13 bits per heavy atom. The van der Waals surface area contributed by atoms with Crippen molar-refractivity contribution >= 4 is 15.7 Å². The highest BCUT2D eigenvalue weighted by Crippen LogP contribution is 2.20. The smallest absolute Gasteiger partial charge is 0.223 e. The van der Waals surface area contributed by atoms with E-state index < -0.39 is 15.8 Å². The molecule has 1 fully saturated rings. The van der Waals surface area contributed by atoms with Crippen LogP contribution in [0.15, 0.2) is 59.5 Å². The molecule has 2 aromatic carbocycles. The highest BCUT2D eigenvalue weighted by molar-refractivity contribution is 7.91. The summed E-state index contributed by atoms with van der Waals surface area (Å²) in [5.41, 5.74) is 1.26. The summed E-state index contributed by atoms with van der Waals surface area (Å²) >= 11 is 0. The van der Waals surface area contributed by atoms with Gasteiger partial charge in [0.1, 0.15) is 5.75 Å². The average molecular weight is 445 g/mol. The minimum absolute atomic E-state index is 0.203. The Morgan fingerprint density at radius 3 is 2.52 bits per heavy atom. The number of hydrogen-bond acceptors (Lipinski definition) is 5. The molecule has 2 atom stereocenters. The third kappa shape index (κ3) is 6.55. The predicted octanol–water partition coefficient (Wildman–Crippen LogP) is 3.28. The van der Waals surface area contributed by atoms with Crippen LogP contribution in [0.2, 0.25) is 0 Å². The molecule has 0 aliphatic carbocycles. The molecule has 1 aliphatic rings. The fourth-order valence-electron chi connectivity index (χ4n) is 3.99. The van der Waals surface area contributed by atoms with E-state index in [1.807, 2.05) is 18.2 Å². The number of methoxy groups -OCH3 is 1. The largest absolute Gasteiger partial charge is 0.497 e. The number of ether oxygens (including phenoxy) is 1. The summed E-state index contributed by atoms with van der Waals surface area (Å²) in [7, 11) is -2.02. The second-order valence-electron chi connectivity index (χ2n) is 8.21. The van der Waals surface area contributed by atoms with Crippen molar-refractivity contribution in [1.29, 1.82) is 0 Å². The third-order valence-corrected chi connectivity index (χ3v) is 7.75. The van der Waals surface area contributed by atoms with E-state index in [1.54, 1.807) is 19.1 Å². The van der Waals surface area contributed by atoms with Gasteiger partial charge in [0.2, 0.25) is 5.91 Å². The monoisotopic (exact) mass is 444 g/mol. The van der Waals surface area contributed by atoms with Crippen molar-refractivity contribution < 1.29 is 17.9 Å². The molecular weight excluding hydrogens is 412 g/mol. The summed E-state index contributed by atoms with van der Waals surface area (Å²) in [5, 5.41) is 3.00. The van der Waals surface area contributed by atoms with Crippen molar-refractivity contribution in [2.24, 2.45) is 5.92 Å². The maximum absolute atomic E-state index is 12.7. The van der Waals surface area contributed by atoms with Crippen molar-refractivity contribution in [3.63, 3.8) is 0 Å². The van der Waals surface area contributed by atoms with Crippen molar-refractivity contribution in [2.75, 3.05) is 26.0 Å². The Labute approximate surface area is 185 Å². The van der Waals surface area contributed by atoms with Crippen LogP contribution in [0.1, 0.15) is 31.7 Å². The van der Waals surface area contributed by atoms with Crippen LogP contribution in [-0.4, -0.2) is 51.2 Å². The standard InChI is InChI=1S/C24H32N2O4S/c1-19(18-31(28,29)23-13-11-22(30-2)12-14-23)24(27)25-16-21-10-6-7-15-26(21)17-20-8-4-3-5-9-20/h3-5,8-9,11-14,19,21H,6-7,10,15-18H2,1-2H3,(H,25,27). The summed E-state index contributed by atoms with van der Waals surface area (Å²) in [6.07, 6.45) is 3.34. The van der Waals surface area contributed by atoms with Crippen LogP contribution < -0.4 is 10.1 Å². The summed E-state index contributed by atoms with van der Waals surface area (Å²) < 4.78 is 30.4. The van der Waals surface area contributed by atoms with Gasteiger partial charge in [0, 0.05) is 25.0 Å². The highest BCUT2D eigenvalue weighted by Gasteiger charge is 2.26. The Balaban J connectivity index is 1.54. The van der Waals surface area contributed by atoms with Crippen molar-refractivity contribution in [3.05, 3.63) is 60.2 Å². The molecule has 0 radical (unpaired) electrons. The normalized spacial score (nSPS) is 18.3. The Kier molecular flexibility index (Phi) is 8.09. The topological polar surface area (TPSA) is 75.7 Å². The zero-order valence-corrected chi connectivity index (χ0v) is 19.1. The Bertz CT molecular complexity index is 945. The van der Waals surface area contributed by atoms with Crippen LogP contribution in [0.3, 0.4) is 0 Å². The molecule has 1 aliphatic heterocycles. The lowest BCUT2D eigenvalue weighted by atomic mass is 10.0. The molecule has 1 N–H and O–H groups in total. The summed E-state index contributed by atoms with van der Waals surface area (Å²) in [6.45, 7) is 4.08. The maximum Gasteiger partial charge on any atom is 0.223 e. The first-order valence-corrected chi connectivity index (χ1v) is 12.5. The lowest BCUT2D eigenvalue weighted by molar-refractivity contribution is -0.124. The molecule has 2 unspecified atom stereocenters. The van der Waals surface area contributed by atoms with Gasteiger partial charge in [-0.2, -0.15) is 0 Å². The summed E-state index contributed by atoms with van der Waals surface area (Å²) in [6, 6.07) is 16.9. The van der Waals surface area contributed by atoms with E-state index in [4.69, 9.17) is 4.74 Å². The van der Waals surface area contributed by atoms with Crippen LogP contribution in [0.5, 0.6) is 5.75 Å². The van der Waals surface area contributed by atoms with Crippen LogP contribution in [-0.2, 0) is 21.2 Å².